The van der Waals surface area contributed by atoms with Crippen molar-refractivity contribution in [2.75, 3.05) is 0 Å². The quantitative estimate of drug-likeness (QED) is 0.410. The molecule has 86 valence electrons. The van der Waals surface area contributed by atoms with Crippen molar-refractivity contribution in [3.05, 3.63) is 18.2 Å². The first kappa shape index (κ1) is 12.2. The third kappa shape index (κ3) is 3.64. The average Bonchev–Trinajstić information content (AvgIpc) is 2.65. The van der Waals surface area contributed by atoms with E-state index >= 15 is 0 Å². The van der Waals surface area contributed by atoms with Gasteiger partial charge < -0.3 is 4.57 Å². The summed E-state index contributed by atoms with van der Waals surface area (Å²) in [5.41, 5.74) is 2.84. The van der Waals surface area contributed by atoms with Crippen LogP contribution in [0.5, 0.6) is 0 Å². The molecular weight excluding hydrogens is 188 g/mol. The highest BCUT2D eigenvalue weighted by molar-refractivity contribution is 4.97. The fourth-order valence-corrected chi connectivity index (χ4v) is 1.78. The Balaban J connectivity index is 2.39. The molecule has 0 aliphatic carbocycles. The van der Waals surface area contributed by atoms with Gasteiger partial charge in [0.2, 0.25) is 0 Å². The Bertz CT molecular complexity index is 269. The summed E-state index contributed by atoms with van der Waals surface area (Å²) in [5, 5.41) is 0. The predicted molar refractivity (Wildman–Crippen MR) is 62.0 cm³/mol. The largest absolute Gasteiger partial charge is 0.337 e. The van der Waals surface area contributed by atoms with Crippen molar-refractivity contribution in [3.63, 3.8) is 0 Å². The number of rotatable bonds is 7. The number of nitrogens with two attached hydrogens (primary N) is 1. The second-order valence-corrected chi connectivity index (χ2v) is 3.96. The van der Waals surface area contributed by atoms with Crippen molar-refractivity contribution >= 4 is 0 Å². The van der Waals surface area contributed by atoms with E-state index in [1.165, 1.54) is 25.7 Å². The Morgan fingerprint density at radius 3 is 2.80 bits per heavy atom. The Morgan fingerprint density at radius 1 is 1.47 bits per heavy atom. The molecule has 4 heteroatoms. The molecule has 1 rings (SSSR count). The molecule has 1 atom stereocenters. The van der Waals surface area contributed by atoms with E-state index in [1.54, 1.807) is 0 Å². The molecule has 4 nitrogen and oxygen atoms in total. The van der Waals surface area contributed by atoms with Gasteiger partial charge in [-0.1, -0.05) is 32.6 Å². The number of imidazole rings is 1. The number of unbranched alkanes of at least 4 members (excludes halogenated alkanes) is 3. The first-order chi connectivity index (χ1) is 7.29. The zero-order chi connectivity index (χ0) is 11.1. The number of nitrogens with one attached hydrogen (secondary N) is 1. The Labute approximate surface area is 91.8 Å². The van der Waals surface area contributed by atoms with E-state index in [1.807, 2.05) is 24.0 Å². The summed E-state index contributed by atoms with van der Waals surface area (Å²) < 4.78 is 2.02. The molecule has 3 N–H and O–H groups in total. The molecule has 0 aromatic carbocycles. The summed E-state index contributed by atoms with van der Waals surface area (Å²) in [6.07, 6.45) is 9.87. The van der Waals surface area contributed by atoms with Gasteiger partial charge in [0.25, 0.3) is 0 Å². The van der Waals surface area contributed by atoms with Gasteiger partial charge in [-0.15, -0.1) is 0 Å². The van der Waals surface area contributed by atoms with E-state index in [0.29, 0.717) is 0 Å². The van der Waals surface area contributed by atoms with Crippen LogP contribution in [-0.4, -0.2) is 9.55 Å². The van der Waals surface area contributed by atoms with Gasteiger partial charge in [-0.2, -0.15) is 0 Å². The molecule has 1 heterocycles. The number of aromatic nitrogens is 2. The van der Waals surface area contributed by atoms with Gasteiger partial charge in [0.15, 0.2) is 0 Å². The summed E-state index contributed by atoms with van der Waals surface area (Å²) >= 11 is 0. The smallest absolute Gasteiger partial charge is 0.126 e. The number of hydrogen-bond donors (Lipinski definition) is 2. The molecule has 0 amide bonds. The lowest BCUT2D eigenvalue weighted by Crippen LogP contribution is -2.30. The summed E-state index contributed by atoms with van der Waals surface area (Å²) in [5.74, 6) is 6.57. The predicted octanol–water partition coefficient (Wildman–Crippen LogP) is 1.89. The van der Waals surface area contributed by atoms with Gasteiger partial charge in [-0.05, 0) is 6.42 Å². The van der Waals surface area contributed by atoms with Crippen LogP contribution in [0.25, 0.3) is 0 Å². The Morgan fingerprint density at radius 2 is 2.27 bits per heavy atom. The van der Waals surface area contributed by atoms with E-state index in [0.717, 1.165) is 12.2 Å². The summed E-state index contributed by atoms with van der Waals surface area (Å²) in [4.78, 5) is 4.31. The lowest BCUT2D eigenvalue weighted by atomic mass is 10.1. The topological polar surface area (TPSA) is 55.9 Å². The van der Waals surface area contributed by atoms with Gasteiger partial charge in [0.05, 0.1) is 6.04 Å². The van der Waals surface area contributed by atoms with Crippen LogP contribution in [0, 0.1) is 0 Å². The zero-order valence-corrected chi connectivity index (χ0v) is 9.74. The van der Waals surface area contributed by atoms with Crippen LogP contribution in [0.4, 0.5) is 0 Å². The SMILES string of the molecule is CCCCCCC(NN)c1nccn1C. The van der Waals surface area contributed by atoms with E-state index in [2.05, 4.69) is 17.3 Å². The minimum absolute atomic E-state index is 0.182. The van der Waals surface area contributed by atoms with Gasteiger partial charge in [-0.3, -0.25) is 5.84 Å². The standard InChI is InChI=1S/C11H22N4/c1-3-4-5-6-7-10(14-12)11-13-8-9-15(11)2/h8-10,14H,3-7,12H2,1-2H3. The number of hydrogen-bond acceptors (Lipinski definition) is 3. The van der Waals surface area contributed by atoms with Crippen LogP contribution in [0.1, 0.15) is 50.9 Å². The molecule has 1 aromatic rings. The molecule has 0 saturated heterocycles. The summed E-state index contributed by atoms with van der Waals surface area (Å²) in [7, 11) is 2.00. The molecular formula is C11H22N4. The van der Waals surface area contributed by atoms with E-state index in [-0.39, 0.29) is 6.04 Å². The molecule has 0 saturated carbocycles. The van der Waals surface area contributed by atoms with Gasteiger partial charge in [-0.25, -0.2) is 10.4 Å². The third-order valence-electron chi connectivity index (χ3n) is 2.72. The fourth-order valence-electron chi connectivity index (χ4n) is 1.78. The molecule has 0 aliphatic rings. The maximum atomic E-state index is 5.54. The molecule has 1 aromatic heterocycles. The molecule has 0 spiro atoms. The van der Waals surface area contributed by atoms with Crippen LogP contribution < -0.4 is 11.3 Å². The van der Waals surface area contributed by atoms with Crippen LogP contribution >= 0.6 is 0 Å². The monoisotopic (exact) mass is 210 g/mol. The Kier molecular flexibility index (Phi) is 5.36. The second kappa shape index (κ2) is 6.58. The lowest BCUT2D eigenvalue weighted by molar-refractivity contribution is 0.452. The molecule has 0 fully saturated rings. The highest BCUT2D eigenvalue weighted by Crippen LogP contribution is 2.17. The molecule has 0 bridgehead atoms. The minimum atomic E-state index is 0.182. The second-order valence-electron chi connectivity index (χ2n) is 3.96. The third-order valence-corrected chi connectivity index (χ3v) is 2.72. The Hall–Kier alpha value is -0.870. The molecule has 0 aliphatic heterocycles. The lowest BCUT2D eigenvalue weighted by Gasteiger charge is -2.15. The fraction of sp³-hybridized carbons (Fsp3) is 0.727. The highest BCUT2D eigenvalue weighted by atomic mass is 15.3. The van der Waals surface area contributed by atoms with Gasteiger partial charge >= 0.3 is 0 Å². The number of nitrogens with zero attached hydrogens (tertiary/aromatic N) is 2. The van der Waals surface area contributed by atoms with Gasteiger partial charge in [0, 0.05) is 19.4 Å². The first-order valence-electron chi connectivity index (χ1n) is 5.73. The van der Waals surface area contributed by atoms with Crippen LogP contribution in [0.2, 0.25) is 0 Å². The first-order valence-corrected chi connectivity index (χ1v) is 5.73. The van der Waals surface area contributed by atoms with Crippen molar-refractivity contribution in [2.45, 2.75) is 45.1 Å². The summed E-state index contributed by atoms with van der Waals surface area (Å²) in [6.45, 7) is 2.22. The minimum Gasteiger partial charge on any atom is -0.337 e. The van der Waals surface area contributed by atoms with Crippen molar-refractivity contribution in [3.8, 4) is 0 Å². The zero-order valence-electron chi connectivity index (χ0n) is 9.74. The summed E-state index contributed by atoms with van der Waals surface area (Å²) in [6, 6.07) is 0.182. The van der Waals surface area contributed by atoms with Gasteiger partial charge in [0.1, 0.15) is 5.82 Å². The molecule has 0 radical (unpaired) electrons. The maximum Gasteiger partial charge on any atom is 0.126 e. The average molecular weight is 210 g/mol. The van der Waals surface area contributed by atoms with Crippen LogP contribution in [0.3, 0.4) is 0 Å². The van der Waals surface area contributed by atoms with Crippen molar-refractivity contribution < 1.29 is 0 Å². The highest BCUT2D eigenvalue weighted by Gasteiger charge is 2.13. The van der Waals surface area contributed by atoms with Crippen LogP contribution in [0.15, 0.2) is 12.4 Å². The van der Waals surface area contributed by atoms with Crippen molar-refractivity contribution in [1.82, 2.24) is 15.0 Å². The molecule has 1 unspecified atom stereocenters. The van der Waals surface area contributed by atoms with E-state index in [9.17, 15) is 0 Å². The van der Waals surface area contributed by atoms with E-state index in [4.69, 9.17) is 5.84 Å². The van der Waals surface area contributed by atoms with Crippen molar-refractivity contribution in [2.24, 2.45) is 12.9 Å². The van der Waals surface area contributed by atoms with Crippen molar-refractivity contribution in [1.29, 1.82) is 0 Å². The van der Waals surface area contributed by atoms with Crippen LogP contribution in [-0.2, 0) is 7.05 Å². The molecule has 15 heavy (non-hydrogen) atoms. The maximum absolute atomic E-state index is 5.54. The van der Waals surface area contributed by atoms with E-state index < -0.39 is 0 Å². The number of hydrazine groups is 1. The normalized spacial score (nSPS) is 13.0. The number of aryl methyl sites for hydroxylation is 1.